The Morgan fingerprint density at radius 3 is 2.86 bits per heavy atom. The van der Waals surface area contributed by atoms with Crippen molar-refractivity contribution in [2.45, 2.75) is 64.5 Å². The zero-order valence-corrected chi connectivity index (χ0v) is 12.7. The van der Waals surface area contributed by atoms with Crippen molar-refractivity contribution >= 4 is 5.69 Å². The standard InChI is InChI=1S/C17H25F2NO/c1-2-5-13-6-3-7-14(11-10-13)20-15-8-4-9-16(12-15)21-17(18)19/h4,8-9,12-14,17,20H,2-3,5-7,10-11H2,1H3. The normalized spacial score (nSPS) is 22.9. The van der Waals surface area contributed by atoms with Gasteiger partial charge in [0.1, 0.15) is 5.75 Å². The molecule has 21 heavy (non-hydrogen) atoms. The number of halogens is 2. The molecule has 1 fully saturated rings. The quantitative estimate of drug-likeness (QED) is 0.705. The van der Waals surface area contributed by atoms with E-state index in [0.717, 1.165) is 24.4 Å². The van der Waals surface area contributed by atoms with Crippen molar-refractivity contribution in [2.75, 3.05) is 5.32 Å². The van der Waals surface area contributed by atoms with Crippen LogP contribution in [0.1, 0.15) is 51.9 Å². The summed E-state index contributed by atoms with van der Waals surface area (Å²) in [5.41, 5.74) is 0.868. The van der Waals surface area contributed by atoms with E-state index in [0.29, 0.717) is 6.04 Å². The predicted octanol–water partition coefficient (Wildman–Crippen LogP) is 5.45. The molecule has 0 aromatic heterocycles. The molecule has 1 aromatic carbocycles. The molecule has 2 unspecified atom stereocenters. The van der Waals surface area contributed by atoms with Crippen molar-refractivity contribution in [1.82, 2.24) is 0 Å². The third kappa shape index (κ3) is 5.52. The Kier molecular flexibility index (Phi) is 6.27. The van der Waals surface area contributed by atoms with Gasteiger partial charge in [0.2, 0.25) is 0 Å². The average molecular weight is 297 g/mol. The molecule has 2 rings (SSSR count). The minimum absolute atomic E-state index is 0.215. The summed E-state index contributed by atoms with van der Waals surface area (Å²) in [5.74, 6) is 1.07. The Morgan fingerprint density at radius 1 is 1.24 bits per heavy atom. The lowest BCUT2D eigenvalue weighted by atomic mass is 9.95. The second kappa shape index (κ2) is 8.20. The molecule has 118 valence electrons. The number of hydrogen-bond donors (Lipinski definition) is 1. The van der Waals surface area contributed by atoms with E-state index in [2.05, 4.69) is 17.0 Å². The van der Waals surface area contributed by atoms with E-state index in [1.54, 1.807) is 18.2 Å². The largest absolute Gasteiger partial charge is 0.435 e. The van der Waals surface area contributed by atoms with Gasteiger partial charge in [-0.1, -0.05) is 38.7 Å². The van der Waals surface area contributed by atoms with Crippen LogP contribution in [0.4, 0.5) is 14.5 Å². The van der Waals surface area contributed by atoms with Gasteiger partial charge in [0.25, 0.3) is 0 Å². The van der Waals surface area contributed by atoms with Crippen molar-refractivity contribution < 1.29 is 13.5 Å². The van der Waals surface area contributed by atoms with E-state index in [9.17, 15) is 8.78 Å². The molecule has 0 amide bonds. The summed E-state index contributed by atoms with van der Waals surface area (Å²) in [7, 11) is 0. The highest BCUT2D eigenvalue weighted by Crippen LogP contribution is 2.29. The van der Waals surface area contributed by atoms with E-state index in [1.165, 1.54) is 32.1 Å². The van der Waals surface area contributed by atoms with E-state index in [1.807, 2.05) is 6.07 Å². The van der Waals surface area contributed by atoms with E-state index in [-0.39, 0.29) is 5.75 Å². The molecule has 0 bridgehead atoms. The molecule has 0 saturated heterocycles. The van der Waals surface area contributed by atoms with Crippen LogP contribution in [0, 0.1) is 5.92 Å². The van der Waals surface area contributed by atoms with Crippen LogP contribution in [0.2, 0.25) is 0 Å². The fourth-order valence-corrected chi connectivity index (χ4v) is 3.22. The Labute approximate surface area is 125 Å². The summed E-state index contributed by atoms with van der Waals surface area (Å²) in [6.07, 6.45) is 8.72. The average Bonchev–Trinajstić information content (AvgIpc) is 2.65. The SMILES string of the molecule is CCCC1CCCC(Nc2cccc(OC(F)F)c2)CC1. The smallest absolute Gasteiger partial charge is 0.387 e. The summed E-state index contributed by atoms with van der Waals surface area (Å²) >= 11 is 0. The molecule has 2 nitrogen and oxygen atoms in total. The fraction of sp³-hybridized carbons (Fsp3) is 0.647. The predicted molar refractivity (Wildman–Crippen MR) is 82.0 cm³/mol. The van der Waals surface area contributed by atoms with Gasteiger partial charge in [-0.25, -0.2) is 0 Å². The maximum atomic E-state index is 12.2. The molecule has 0 radical (unpaired) electrons. The summed E-state index contributed by atoms with van der Waals surface area (Å²) in [4.78, 5) is 0. The molecule has 0 spiro atoms. The van der Waals surface area contributed by atoms with Gasteiger partial charge in [-0.15, -0.1) is 0 Å². The molecule has 1 N–H and O–H groups in total. The first kappa shape index (κ1) is 16.1. The van der Waals surface area contributed by atoms with Crippen molar-refractivity contribution in [1.29, 1.82) is 0 Å². The van der Waals surface area contributed by atoms with Crippen molar-refractivity contribution in [3.8, 4) is 5.75 Å². The Morgan fingerprint density at radius 2 is 2.10 bits per heavy atom. The topological polar surface area (TPSA) is 21.3 Å². The minimum atomic E-state index is -2.77. The Bertz CT molecular complexity index is 425. The van der Waals surface area contributed by atoms with Gasteiger partial charge in [-0.3, -0.25) is 0 Å². The van der Waals surface area contributed by atoms with Gasteiger partial charge in [0.05, 0.1) is 0 Å². The number of anilines is 1. The van der Waals surface area contributed by atoms with Crippen LogP contribution in [-0.4, -0.2) is 12.7 Å². The highest BCUT2D eigenvalue weighted by Gasteiger charge is 2.18. The lowest BCUT2D eigenvalue weighted by Crippen LogP contribution is -2.18. The molecule has 1 aliphatic rings. The van der Waals surface area contributed by atoms with E-state index in [4.69, 9.17) is 0 Å². The van der Waals surface area contributed by atoms with E-state index < -0.39 is 6.61 Å². The number of ether oxygens (including phenoxy) is 1. The number of alkyl halides is 2. The fourth-order valence-electron chi connectivity index (χ4n) is 3.22. The second-order valence-electron chi connectivity index (χ2n) is 5.91. The first-order valence-electron chi connectivity index (χ1n) is 7.98. The molecular weight excluding hydrogens is 272 g/mol. The number of benzene rings is 1. The summed E-state index contributed by atoms with van der Waals surface area (Å²) < 4.78 is 28.9. The van der Waals surface area contributed by atoms with Gasteiger partial charge in [0, 0.05) is 17.8 Å². The van der Waals surface area contributed by atoms with Crippen LogP contribution in [0.5, 0.6) is 5.75 Å². The Balaban J connectivity index is 1.89. The van der Waals surface area contributed by atoms with Crippen molar-refractivity contribution in [3.63, 3.8) is 0 Å². The number of nitrogens with one attached hydrogen (secondary N) is 1. The van der Waals surface area contributed by atoms with Crippen LogP contribution in [0.25, 0.3) is 0 Å². The molecule has 2 atom stereocenters. The molecule has 1 aliphatic carbocycles. The van der Waals surface area contributed by atoms with E-state index >= 15 is 0 Å². The maximum Gasteiger partial charge on any atom is 0.387 e. The van der Waals surface area contributed by atoms with Gasteiger partial charge < -0.3 is 10.1 Å². The number of hydrogen-bond acceptors (Lipinski definition) is 2. The van der Waals surface area contributed by atoms with Gasteiger partial charge >= 0.3 is 6.61 Å². The molecule has 1 aromatic rings. The maximum absolute atomic E-state index is 12.2. The summed E-state index contributed by atoms with van der Waals surface area (Å²) in [6, 6.07) is 7.31. The highest BCUT2D eigenvalue weighted by atomic mass is 19.3. The second-order valence-corrected chi connectivity index (χ2v) is 5.91. The zero-order chi connectivity index (χ0) is 15.1. The van der Waals surface area contributed by atoms with Gasteiger partial charge in [-0.05, 0) is 37.3 Å². The monoisotopic (exact) mass is 297 g/mol. The lowest BCUT2D eigenvalue weighted by Gasteiger charge is -2.18. The van der Waals surface area contributed by atoms with Crippen LogP contribution in [-0.2, 0) is 0 Å². The lowest BCUT2D eigenvalue weighted by molar-refractivity contribution is -0.0498. The highest BCUT2D eigenvalue weighted by molar-refractivity contribution is 5.48. The van der Waals surface area contributed by atoms with Crippen molar-refractivity contribution in [3.05, 3.63) is 24.3 Å². The first-order valence-corrected chi connectivity index (χ1v) is 7.98. The van der Waals surface area contributed by atoms with Crippen LogP contribution in [0.15, 0.2) is 24.3 Å². The van der Waals surface area contributed by atoms with Crippen molar-refractivity contribution in [2.24, 2.45) is 5.92 Å². The van der Waals surface area contributed by atoms with Gasteiger partial charge in [-0.2, -0.15) is 8.78 Å². The molecular formula is C17H25F2NO. The zero-order valence-electron chi connectivity index (χ0n) is 12.7. The Hall–Kier alpha value is -1.32. The minimum Gasteiger partial charge on any atom is -0.435 e. The third-order valence-electron chi connectivity index (χ3n) is 4.22. The molecule has 1 saturated carbocycles. The van der Waals surface area contributed by atoms with Crippen LogP contribution < -0.4 is 10.1 Å². The first-order chi connectivity index (χ1) is 10.2. The molecule has 4 heteroatoms. The third-order valence-corrected chi connectivity index (χ3v) is 4.22. The number of rotatable bonds is 6. The molecule has 0 heterocycles. The van der Waals surface area contributed by atoms with Gasteiger partial charge in [0.15, 0.2) is 0 Å². The molecule has 0 aliphatic heterocycles. The summed E-state index contributed by atoms with van der Waals surface area (Å²) in [6.45, 7) is -0.525. The van der Waals surface area contributed by atoms with Crippen LogP contribution >= 0.6 is 0 Å². The summed E-state index contributed by atoms with van der Waals surface area (Å²) in [5, 5.41) is 3.47. The van der Waals surface area contributed by atoms with Crippen LogP contribution in [0.3, 0.4) is 0 Å².